The van der Waals surface area contributed by atoms with Crippen LogP contribution in [0.5, 0.6) is 0 Å². The van der Waals surface area contributed by atoms with Gasteiger partial charge in [-0.2, -0.15) is 0 Å². The van der Waals surface area contributed by atoms with Crippen LogP contribution in [0.1, 0.15) is 13.2 Å². The molecule has 2 aromatic heterocycles. The summed E-state index contributed by atoms with van der Waals surface area (Å²) in [6.45, 7) is 1.08. The van der Waals surface area contributed by atoms with E-state index < -0.39 is 31.1 Å². The third-order valence-corrected chi connectivity index (χ3v) is 4.65. The van der Waals surface area contributed by atoms with E-state index in [-0.39, 0.29) is 11.5 Å². The molecule has 0 aliphatic carbocycles. The molecule has 1 saturated heterocycles. The number of hydrogen-bond acceptors (Lipinski definition) is 9. The average Bonchev–Trinajstić information content (AvgIpc) is 3.08. The van der Waals surface area contributed by atoms with Gasteiger partial charge in [0.05, 0.1) is 18.7 Å². The van der Waals surface area contributed by atoms with E-state index in [4.69, 9.17) is 9.84 Å². The van der Waals surface area contributed by atoms with Gasteiger partial charge in [0.2, 0.25) is 0 Å². The molecule has 4 atom stereocenters. The number of hydrogen-bond donors (Lipinski definition) is 3. The van der Waals surface area contributed by atoms with Crippen molar-refractivity contribution in [1.29, 1.82) is 0 Å². The standard InChI is InChI=1S/C13H16N4O5S/c1-6(19)3-23-12-8-11(14-4-15-12)17(5-16-8)13-10(21)9(20)7(2-18)22-13/h4-5,7,9-10,13,18,20-21H,2-3H2,1H3/t7-,9-,10-,13-/m1/s1. The molecule has 0 radical (unpaired) electrons. The van der Waals surface area contributed by atoms with Crippen LogP contribution < -0.4 is 0 Å². The molecule has 23 heavy (non-hydrogen) atoms. The lowest BCUT2D eigenvalue weighted by molar-refractivity contribution is -0.114. The molecule has 0 spiro atoms. The van der Waals surface area contributed by atoms with Gasteiger partial charge in [-0.1, -0.05) is 11.8 Å². The second-order valence-corrected chi connectivity index (χ2v) is 6.19. The summed E-state index contributed by atoms with van der Waals surface area (Å²) in [6, 6.07) is 0. The molecule has 0 bridgehead atoms. The molecule has 3 N–H and O–H groups in total. The van der Waals surface area contributed by atoms with Crippen LogP contribution in [0, 0.1) is 0 Å². The zero-order valence-corrected chi connectivity index (χ0v) is 13.1. The van der Waals surface area contributed by atoms with Crippen molar-refractivity contribution in [1.82, 2.24) is 19.5 Å². The molecular formula is C13H16N4O5S. The third kappa shape index (κ3) is 2.95. The Hall–Kier alpha value is -1.59. The zero-order valence-electron chi connectivity index (χ0n) is 12.2. The van der Waals surface area contributed by atoms with E-state index in [0.717, 1.165) is 0 Å². The number of carbonyl (C=O) groups excluding carboxylic acids is 1. The van der Waals surface area contributed by atoms with Crippen molar-refractivity contribution < 1.29 is 24.9 Å². The second kappa shape index (κ2) is 6.49. The molecule has 1 fully saturated rings. The maximum absolute atomic E-state index is 11.1. The van der Waals surface area contributed by atoms with Gasteiger partial charge < -0.3 is 20.1 Å². The van der Waals surface area contributed by atoms with Gasteiger partial charge in [-0.05, 0) is 6.92 Å². The van der Waals surface area contributed by atoms with Gasteiger partial charge in [0.15, 0.2) is 11.9 Å². The number of nitrogens with zero attached hydrogens (tertiary/aromatic N) is 4. The number of aromatic nitrogens is 4. The first-order valence-electron chi connectivity index (χ1n) is 6.95. The smallest absolute Gasteiger partial charge is 0.166 e. The number of fused-ring (bicyclic) bond motifs is 1. The average molecular weight is 340 g/mol. The summed E-state index contributed by atoms with van der Waals surface area (Å²) in [5.41, 5.74) is 0.900. The molecule has 0 amide bonds. The fourth-order valence-corrected chi connectivity index (χ4v) is 3.14. The monoisotopic (exact) mass is 340 g/mol. The summed E-state index contributed by atoms with van der Waals surface area (Å²) in [7, 11) is 0. The Bertz CT molecular complexity index is 723. The molecule has 124 valence electrons. The van der Waals surface area contributed by atoms with Crippen LogP contribution in [0.25, 0.3) is 11.2 Å². The number of ether oxygens (including phenoxy) is 1. The van der Waals surface area contributed by atoms with Crippen molar-refractivity contribution in [3.63, 3.8) is 0 Å². The number of rotatable bonds is 5. The number of ketones is 1. The Balaban J connectivity index is 1.94. The van der Waals surface area contributed by atoms with E-state index >= 15 is 0 Å². The predicted octanol–water partition coefficient (Wildman–Crippen LogP) is -0.881. The van der Waals surface area contributed by atoms with E-state index in [0.29, 0.717) is 16.2 Å². The number of imidazole rings is 1. The lowest BCUT2D eigenvalue weighted by atomic mass is 10.1. The lowest BCUT2D eigenvalue weighted by Crippen LogP contribution is -2.33. The topological polar surface area (TPSA) is 131 Å². The number of Topliss-reactive ketones (excluding diaryl/α,β-unsaturated/α-hetero) is 1. The highest BCUT2D eigenvalue weighted by Gasteiger charge is 2.44. The summed E-state index contributed by atoms with van der Waals surface area (Å²) in [5, 5.41) is 29.7. The van der Waals surface area contributed by atoms with Crippen molar-refractivity contribution in [2.75, 3.05) is 12.4 Å². The highest BCUT2D eigenvalue weighted by molar-refractivity contribution is 8.00. The maximum atomic E-state index is 11.1. The van der Waals surface area contributed by atoms with E-state index in [2.05, 4.69) is 15.0 Å². The zero-order chi connectivity index (χ0) is 16.6. The first-order chi connectivity index (χ1) is 11.0. The van der Waals surface area contributed by atoms with E-state index in [9.17, 15) is 15.0 Å². The molecule has 9 nitrogen and oxygen atoms in total. The quantitative estimate of drug-likeness (QED) is 0.469. The Morgan fingerprint density at radius 1 is 1.35 bits per heavy atom. The number of aliphatic hydroxyl groups excluding tert-OH is 3. The second-order valence-electron chi connectivity index (χ2n) is 5.22. The van der Waals surface area contributed by atoms with Crippen molar-refractivity contribution in [2.24, 2.45) is 0 Å². The molecular weight excluding hydrogens is 324 g/mol. The van der Waals surface area contributed by atoms with Crippen molar-refractivity contribution in [3.8, 4) is 0 Å². The molecule has 0 unspecified atom stereocenters. The summed E-state index contributed by atoms with van der Waals surface area (Å²) < 4.78 is 6.96. The summed E-state index contributed by atoms with van der Waals surface area (Å²) in [4.78, 5) is 23.6. The van der Waals surface area contributed by atoms with Gasteiger partial charge >= 0.3 is 0 Å². The van der Waals surface area contributed by atoms with Crippen LogP contribution in [0.15, 0.2) is 17.7 Å². The molecule has 2 aromatic rings. The minimum absolute atomic E-state index is 0.0182. The van der Waals surface area contributed by atoms with Crippen LogP contribution in [0.3, 0.4) is 0 Å². The highest BCUT2D eigenvalue weighted by atomic mass is 32.2. The molecule has 10 heteroatoms. The SMILES string of the molecule is CC(=O)CSc1ncnc2c1ncn2[C@@H]1O[C@H](CO)[C@@H](O)[C@H]1O. The number of carbonyl (C=O) groups is 1. The van der Waals surface area contributed by atoms with Crippen LogP contribution in [-0.4, -0.2) is 71.3 Å². The van der Waals surface area contributed by atoms with Gasteiger partial charge in [-0.3, -0.25) is 9.36 Å². The summed E-state index contributed by atoms with van der Waals surface area (Å²) in [5.74, 6) is 0.289. The summed E-state index contributed by atoms with van der Waals surface area (Å²) in [6.07, 6.45) is -1.43. The first-order valence-corrected chi connectivity index (χ1v) is 7.93. The van der Waals surface area contributed by atoms with Gasteiger partial charge in [-0.25, -0.2) is 15.0 Å². The highest BCUT2D eigenvalue weighted by Crippen LogP contribution is 2.32. The fourth-order valence-electron chi connectivity index (χ4n) is 2.40. The van der Waals surface area contributed by atoms with Gasteiger partial charge in [0, 0.05) is 0 Å². The Morgan fingerprint density at radius 3 is 2.78 bits per heavy atom. The molecule has 0 aromatic carbocycles. The van der Waals surface area contributed by atoms with E-state index in [1.54, 1.807) is 0 Å². The molecule has 3 rings (SSSR count). The Morgan fingerprint density at radius 2 is 2.13 bits per heavy atom. The van der Waals surface area contributed by atoms with Crippen molar-refractivity contribution in [2.45, 2.75) is 36.5 Å². The van der Waals surface area contributed by atoms with Crippen LogP contribution in [-0.2, 0) is 9.53 Å². The minimum Gasteiger partial charge on any atom is -0.394 e. The molecule has 3 heterocycles. The largest absolute Gasteiger partial charge is 0.394 e. The number of aliphatic hydroxyl groups is 3. The minimum atomic E-state index is -1.21. The van der Waals surface area contributed by atoms with Crippen LogP contribution in [0.2, 0.25) is 0 Å². The number of thioether (sulfide) groups is 1. The molecule has 1 aliphatic rings. The normalized spacial score (nSPS) is 27.7. The Kier molecular flexibility index (Phi) is 4.60. The van der Waals surface area contributed by atoms with Gasteiger partial charge in [0.25, 0.3) is 0 Å². The van der Waals surface area contributed by atoms with Crippen molar-refractivity contribution >= 4 is 28.7 Å². The van der Waals surface area contributed by atoms with Crippen LogP contribution in [0.4, 0.5) is 0 Å². The maximum Gasteiger partial charge on any atom is 0.166 e. The Labute approximate surface area is 135 Å². The molecule has 1 aliphatic heterocycles. The lowest BCUT2D eigenvalue weighted by Gasteiger charge is -2.16. The van der Waals surface area contributed by atoms with Gasteiger partial charge in [-0.15, -0.1) is 0 Å². The van der Waals surface area contributed by atoms with Crippen LogP contribution >= 0.6 is 11.8 Å². The van der Waals surface area contributed by atoms with Crippen molar-refractivity contribution in [3.05, 3.63) is 12.7 Å². The van der Waals surface area contributed by atoms with Gasteiger partial charge in [0.1, 0.15) is 41.0 Å². The predicted molar refractivity (Wildman–Crippen MR) is 79.7 cm³/mol. The summed E-state index contributed by atoms with van der Waals surface area (Å²) >= 11 is 1.25. The molecule has 0 saturated carbocycles. The fraction of sp³-hybridized carbons (Fsp3) is 0.538. The van der Waals surface area contributed by atoms with E-state index in [1.807, 2.05) is 0 Å². The third-order valence-electron chi connectivity index (χ3n) is 3.53. The van der Waals surface area contributed by atoms with E-state index in [1.165, 1.54) is 35.9 Å². The first kappa shape index (κ1) is 16.3.